The van der Waals surface area contributed by atoms with Crippen LogP contribution in [0.3, 0.4) is 0 Å². The minimum atomic E-state index is -0.727. The number of aromatic nitrogens is 2. The Labute approximate surface area is 163 Å². The summed E-state index contributed by atoms with van der Waals surface area (Å²) in [6.07, 6.45) is 5.09. The molecular weight excluding hydrogens is 358 g/mol. The molecule has 0 bridgehead atoms. The van der Waals surface area contributed by atoms with Crippen LogP contribution in [0.1, 0.15) is 44.2 Å². The van der Waals surface area contributed by atoms with Gasteiger partial charge in [0.15, 0.2) is 11.5 Å². The second-order valence-electron chi connectivity index (χ2n) is 7.43. The van der Waals surface area contributed by atoms with Crippen LogP contribution in [0.25, 0.3) is 0 Å². The number of fused-ring (bicyclic) bond motifs is 1. The molecule has 28 heavy (non-hydrogen) atoms. The first kappa shape index (κ1) is 18.5. The molecule has 7 heteroatoms. The molecule has 1 aliphatic carbocycles. The van der Waals surface area contributed by atoms with Crippen molar-refractivity contribution in [2.45, 2.75) is 57.3 Å². The first-order valence-corrected chi connectivity index (χ1v) is 9.88. The Bertz CT molecular complexity index is 905. The summed E-state index contributed by atoms with van der Waals surface area (Å²) in [5.74, 6) is 1.35. The number of hydrogen-bond donors (Lipinski definition) is 1. The van der Waals surface area contributed by atoms with E-state index in [1.54, 1.807) is 25.4 Å². The fourth-order valence-electron chi connectivity index (χ4n) is 3.86. The Kier molecular flexibility index (Phi) is 5.32. The Morgan fingerprint density at radius 2 is 1.93 bits per heavy atom. The standard InChI is InChI=1S/C21H25N3O4/c1-14-20(28-18-9-5-4-8-17(18)27-14)21(26)22-10-11-24-13-23-16(12-19(24)25)15-6-2-3-7-15/h4-5,8-9,12-15,20H,2-3,6-7,10-11H2,1H3,(H,22,26). The summed E-state index contributed by atoms with van der Waals surface area (Å²) < 4.78 is 13.1. The van der Waals surface area contributed by atoms with Crippen molar-refractivity contribution in [3.63, 3.8) is 0 Å². The van der Waals surface area contributed by atoms with Crippen molar-refractivity contribution in [2.24, 2.45) is 0 Å². The molecule has 4 rings (SSSR count). The third-order valence-electron chi connectivity index (χ3n) is 5.43. The number of nitrogens with one attached hydrogen (secondary N) is 1. The molecule has 1 aromatic heterocycles. The molecule has 7 nitrogen and oxygen atoms in total. The maximum Gasteiger partial charge on any atom is 0.265 e. The van der Waals surface area contributed by atoms with Crippen molar-refractivity contribution in [2.75, 3.05) is 6.54 Å². The normalized spacial score (nSPS) is 21.5. The summed E-state index contributed by atoms with van der Waals surface area (Å²) in [5, 5.41) is 2.83. The zero-order valence-corrected chi connectivity index (χ0v) is 16.0. The van der Waals surface area contributed by atoms with Crippen molar-refractivity contribution in [1.82, 2.24) is 14.9 Å². The van der Waals surface area contributed by atoms with E-state index < -0.39 is 12.2 Å². The molecule has 148 valence electrons. The van der Waals surface area contributed by atoms with Gasteiger partial charge in [0.2, 0.25) is 6.10 Å². The van der Waals surface area contributed by atoms with Gasteiger partial charge in [0.05, 0.1) is 12.0 Å². The maximum atomic E-state index is 12.5. The zero-order chi connectivity index (χ0) is 19.5. The summed E-state index contributed by atoms with van der Waals surface area (Å²) in [4.78, 5) is 29.3. The molecule has 0 radical (unpaired) electrons. The predicted octanol–water partition coefficient (Wildman–Crippen LogP) is 2.25. The predicted molar refractivity (Wildman–Crippen MR) is 104 cm³/mol. The lowest BCUT2D eigenvalue weighted by Crippen LogP contribution is -2.49. The third kappa shape index (κ3) is 3.88. The molecule has 2 atom stereocenters. The van der Waals surface area contributed by atoms with Gasteiger partial charge in [-0.2, -0.15) is 0 Å². The van der Waals surface area contributed by atoms with Crippen molar-refractivity contribution in [3.8, 4) is 11.5 Å². The van der Waals surface area contributed by atoms with Gasteiger partial charge in [-0.3, -0.25) is 14.2 Å². The number of carbonyl (C=O) groups excluding carboxylic acids is 1. The first-order valence-electron chi connectivity index (χ1n) is 9.88. The van der Waals surface area contributed by atoms with Crippen LogP contribution in [-0.4, -0.2) is 34.2 Å². The van der Waals surface area contributed by atoms with Gasteiger partial charge in [0.1, 0.15) is 6.10 Å². The van der Waals surface area contributed by atoms with Crippen LogP contribution in [0, 0.1) is 0 Å². The highest BCUT2D eigenvalue weighted by Gasteiger charge is 2.33. The summed E-state index contributed by atoms with van der Waals surface area (Å²) in [5.41, 5.74) is 0.814. The molecule has 1 N–H and O–H groups in total. The Morgan fingerprint density at radius 3 is 2.64 bits per heavy atom. The van der Waals surface area contributed by atoms with Crippen LogP contribution in [0.15, 0.2) is 41.5 Å². The molecule has 1 aliphatic heterocycles. The Morgan fingerprint density at radius 1 is 1.21 bits per heavy atom. The van der Waals surface area contributed by atoms with Crippen molar-refractivity contribution in [1.29, 1.82) is 0 Å². The molecule has 1 fully saturated rings. The quantitative estimate of drug-likeness (QED) is 0.856. The van der Waals surface area contributed by atoms with Gasteiger partial charge in [-0.25, -0.2) is 4.98 Å². The molecule has 2 heterocycles. The van der Waals surface area contributed by atoms with E-state index in [2.05, 4.69) is 10.3 Å². The highest BCUT2D eigenvalue weighted by atomic mass is 16.6. The topological polar surface area (TPSA) is 82.4 Å². The van der Waals surface area contributed by atoms with Crippen LogP contribution in [-0.2, 0) is 11.3 Å². The number of ether oxygens (including phenoxy) is 2. The minimum Gasteiger partial charge on any atom is -0.482 e. The van der Waals surface area contributed by atoms with Gasteiger partial charge >= 0.3 is 0 Å². The number of benzene rings is 1. The van der Waals surface area contributed by atoms with Crippen LogP contribution >= 0.6 is 0 Å². The average molecular weight is 383 g/mol. The number of rotatable bonds is 5. The third-order valence-corrected chi connectivity index (χ3v) is 5.43. The summed E-state index contributed by atoms with van der Waals surface area (Å²) in [7, 11) is 0. The van der Waals surface area contributed by atoms with Gasteiger partial charge in [0.25, 0.3) is 11.5 Å². The summed E-state index contributed by atoms with van der Waals surface area (Å²) >= 11 is 0. The molecule has 2 aromatic rings. The highest BCUT2D eigenvalue weighted by molar-refractivity contribution is 5.82. The van der Waals surface area contributed by atoms with E-state index in [1.165, 1.54) is 17.4 Å². The average Bonchev–Trinajstić information content (AvgIpc) is 3.23. The molecule has 1 saturated carbocycles. The number of para-hydroxylation sites is 2. The minimum absolute atomic E-state index is 0.0781. The molecular formula is C21H25N3O4. The lowest BCUT2D eigenvalue weighted by molar-refractivity contribution is -0.133. The zero-order valence-electron chi connectivity index (χ0n) is 16.0. The van der Waals surface area contributed by atoms with Crippen LogP contribution in [0.2, 0.25) is 0 Å². The molecule has 0 saturated heterocycles. The molecule has 2 unspecified atom stereocenters. The highest BCUT2D eigenvalue weighted by Crippen LogP contribution is 2.33. The van der Waals surface area contributed by atoms with Crippen LogP contribution in [0.4, 0.5) is 0 Å². The van der Waals surface area contributed by atoms with E-state index in [1.807, 2.05) is 18.2 Å². The van der Waals surface area contributed by atoms with Gasteiger partial charge in [-0.15, -0.1) is 0 Å². The van der Waals surface area contributed by atoms with E-state index in [0.717, 1.165) is 18.5 Å². The van der Waals surface area contributed by atoms with Crippen LogP contribution < -0.4 is 20.3 Å². The van der Waals surface area contributed by atoms with E-state index in [0.29, 0.717) is 30.5 Å². The number of carbonyl (C=O) groups is 1. The van der Waals surface area contributed by atoms with Gasteiger partial charge in [-0.1, -0.05) is 25.0 Å². The Hall–Kier alpha value is -2.83. The maximum absolute atomic E-state index is 12.5. The monoisotopic (exact) mass is 383 g/mol. The molecule has 2 aliphatic rings. The largest absolute Gasteiger partial charge is 0.482 e. The fourth-order valence-corrected chi connectivity index (χ4v) is 3.86. The van der Waals surface area contributed by atoms with Gasteiger partial charge in [-0.05, 0) is 31.9 Å². The number of nitrogens with zero attached hydrogens (tertiary/aromatic N) is 2. The fraction of sp³-hybridized carbons (Fsp3) is 0.476. The van der Waals surface area contributed by atoms with E-state index >= 15 is 0 Å². The molecule has 1 aromatic carbocycles. The SMILES string of the molecule is CC1Oc2ccccc2OC1C(=O)NCCn1cnc(C2CCCC2)cc1=O. The lowest BCUT2D eigenvalue weighted by Gasteiger charge is -2.31. The summed E-state index contributed by atoms with van der Waals surface area (Å²) in [6, 6.07) is 8.92. The smallest absolute Gasteiger partial charge is 0.265 e. The van der Waals surface area contributed by atoms with Crippen LogP contribution in [0.5, 0.6) is 11.5 Å². The molecule has 0 spiro atoms. The number of amides is 1. The van der Waals surface area contributed by atoms with E-state index in [9.17, 15) is 9.59 Å². The van der Waals surface area contributed by atoms with Crippen molar-refractivity contribution >= 4 is 5.91 Å². The van der Waals surface area contributed by atoms with Gasteiger partial charge < -0.3 is 14.8 Å². The summed E-state index contributed by atoms with van der Waals surface area (Å²) in [6.45, 7) is 2.48. The van der Waals surface area contributed by atoms with Crippen molar-refractivity contribution < 1.29 is 14.3 Å². The Balaban J connectivity index is 1.32. The second kappa shape index (κ2) is 8.04. The second-order valence-corrected chi connectivity index (χ2v) is 7.43. The van der Waals surface area contributed by atoms with E-state index in [-0.39, 0.29) is 11.5 Å². The lowest BCUT2D eigenvalue weighted by atomic mass is 10.0. The number of hydrogen-bond acceptors (Lipinski definition) is 5. The van der Waals surface area contributed by atoms with Gasteiger partial charge in [0, 0.05) is 25.1 Å². The van der Waals surface area contributed by atoms with Crippen molar-refractivity contribution in [3.05, 3.63) is 52.7 Å². The first-order chi connectivity index (χ1) is 13.6. The molecule has 1 amide bonds. The van der Waals surface area contributed by atoms with E-state index in [4.69, 9.17) is 9.47 Å².